The summed E-state index contributed by atoms with van der Waals surface area (Å²) in [4.78, 5) is 2.32. The van der Waals surface area contributed by atoms with E-state index in [4.69, 9.17) is 27.9 Å². The van der Waals surface area contributed by atoms with Crippen LogP contribution in [0.1, 0.15) is 5.56 Å². The third kappa shape index (κ3) is 3.58. The molecule has 0 aliphatic carbocycles. The van der Waals surface area contributed by atoms with Gasteiger partial charge in [0.1, 0.15) is 0 Å². The standard InChI is InChI=1S/C12H14BrCl2NO/c13-6-9-7-16(4-5-17-9)8-10-11(14)2-1-3-12(10)15/h1-3,9H,4-8H2. The summed E-state index contributed by atoms with van der Waals surface area (Å²) in [7, 11) is 0. The molecular formula is C12H14BrCl2NO. The fraction of sp³-hybridized carbons (Fsp3) is 0.500. The van der Waals surface area contributed by atoms with Crippen LogP contribution in [0.15, 0.2) is 18.2 Å². The third-order valence-corrected chi connectivity index (χ3v) is 4.27. The van der Waals surface area contributed by atoms with Crippen LogP contribution in [0.5, 0.6) is 0 Å². The van der Waals surface area contributed by atoms with Gasteiger partial charge in [0.15, 0.2) is 0 Å². The minimum Gasteiger partial charge on any atom is -0.375 e. The molecule has 1 fully saturated rings. The summed E-state index contributed by atoms with van der Waals surface area (Å²) in [6, 6.07) is 5.63. The lowest BCUT2D eigenvalue weighted by Crippen LogP contribution is -2.42. The lowest BCUT2D eigenvalue weighted by molar-refractivity contribution is -0.0181. The number of hydrogen-bond acceptors (Lipinski definition) is 2. The summed E-state index contributed by atoms with van der Waals surface area (Å²) in [5, 5.41) is 2.33. The first-order chi connectivity index (χ1) is 8.20. The summed E-state index contributed by atoms with van der Waals surface area (Å²) < 4.78 is 5.60. The topological polar surface area (TPSA) is 12.5 Å². The van der Waals surface area contributed by atoms with Crippen molar-refractivity contribution in [2.24, 2.45) is 0 Å². The van der Waals surface area contributed by atoms with Crippen LogP contribution in [0.2, 0.25) is 10.0 Å². The van der Waals surface area contributed by atoms with Gasteiger partial charge in [0.05, 0.1) is 12.7 Å². The largest absolute Gasteiger partial charge is 0.375 e. The highest BCUT2D eigenvalue weighted by atomic mass is 79.9. The van der Waals surface area contributed by atoms with Gasteiger partial charge in [0, 0.05) is 40.6 Å². The fourth-order valence-corrected chi connectivity index (χ4v) is 2.83. The zero-order valence-corrected chi connectivity index (χ0v) is 12.4. The van der Waals surface area contributed by atoms with E-state index in [0.29, 0.717) is 0 Å². The molecule has 0 radical (unpaired) electrons. The van der Waals surface area contributed by atoms with Gasteiger partial charge < -0.3 is 4.74 Å². The summed E-state index contributed by atoms with van der Waals surface area (Å²) in [5.41, 5.74) is 1.01. The number of morpholine rings is 1. The molecule has 1 aliphatic rings. The van der Waals surface area contributed by atoms with E-state index in [0.717, 1.165) is 47.2 Å². The lowest BCUT2D eigenvalue weighted by atomic mass is 10.2. The molecule has 0 bridgehead atoms. The maximum absolute atomic E-state index is 6.17. The molecule has 1 saturated heterocycles. The first kappa shape index (κ1) is 13.6. The number of benzene rings is 1. The Hall–Kier alpha value is 0.200. The Morgan fingerprint density at radius 3 is 2.71 bits per heavy atom. The minimum atomic E-state index is 0.255. The van der Waals surface area contributed by atoms with Gasteiger partial charge in [-0.1, -0.05) is 45.2 Å². The van der Waals surface area contributed by atoms with Gasteiger partial charge in [-0.15, -0.1) is 0 Å². The lowest BCUT2D eigenvalue weighted by Gasteiger charge is -2.32. The van der Waals surface area contributed by atoms with Crippen molar-refractivity contribution in [2.45, 2.75) is 12.6 Å². The number of hydrogen-bond donors (Lipinski definition) is 0. The van der Waals surface area contributed by atoms with Gasteiger partial charge in [-0.05, 0) is 12.1 Å². The van der Waals surface area contributed by atoms with Crippen molar-refractivity contribution >= 4 is 39.1 Å². The van der Waals surface area contributed by atoms with Crippen molar-refractivity contribution in [1.82, 2.24) is 4.90 Å². The van der Waals surface area contributed by atoms with Crippen LogP contribution in [0.25, 0.3) is 0 Å². The molecule has 94 valence electrons. The molecule has 2 rings (SSSR count). The van der Waals surface area contributed by atoms with E-state index in [1.165, 1.54) is 0 Å². The highest BCUT2D eigenvalue weighted by Crippen LogP contribution is 2.26. The number of nitrogens with zero attached hydrogens (tertiary/aromatic N) is 1. The normalized spacial score (nSPS) is 21.7. The van der Waals surface area contributed by atoms with E-state index in [9.17, 15) is 0 Å². The van der Waals surface area contributed by atoms with Crippen LogP contribution >= 0.6 is 39.1 Å². The molecule has 17 heavy (non-hydrogen) atoms. The summed E-state index contributed by atoms with van der Waals surface area (Å²) in [6.45, 7) is 3.38. The van der Waals surface area contributed by atoms with Crippen molar-refractivity contribution in [3.05, 3.63) is 33.8 Å². The van der Waals surface area contributed by atoms with Crippen LogP contribution < -0.4 is 0 Å². The Labute approximate surface area is 120 Å². The summed E-state index contributed by atoms with van der Waals surface area (Å²) >= 11 is 15.8. The number of halogens is 3. The van der Waals surface area contributed by atoms with Gasteiger partial charge >= 0.3 is 0 Å². The van der Waals surface area contributed by atoms with E-state index in [1.807, 2.05) is 18.2 Å². The molecule has 0 amide bonds. The molecule has 0 N–H and O–H groups in total. The zero-order chi connectivity index (χ0) is 12.3. The van der Waals surface area contributed by atoms with Crippen molar-refractivity contribution in [1.29, 1.82) is 0 Å². The summed E-state index contributed by atoms with van der Waals surface area (Å²) in [5.74, 6) is 0. The van der Waals surface area contributed by atoms with Crippen LogP contribution in [0.4, 0.5) is 0 Å². The van der Waals surface area contributed by atoms with Gasteiger partial charge in [-0.3, -0.25) is 4.90 Å². The minimum absolute atomic E-state index is 0.255. The monoisotopic (exact) mass is 337 g/mol. The molecule has 1 heterocycles. The van der Waals surface area contributed by atoms with Crippen molar-refractivity contribution in [2.75, 3.05) is 25.0 Å². The number of ether oxygens (including phenoxy) is 1. The molecule has 0 spiro atoms. The molecule has 1 unspecified atom stereocenters. The Morgan fingerprint density at radius 2 is 2.06 bits per heavy atom. The van der Waals surface area contributed by atoms with Gasteiger partial charge in [0.25, 0.3) is 0 Å². The van der Waals surface area contributed by atoms with E-state index in [-0.39, 0.29) is 6.10 Å². The van der Waals surface area contributed by atoms with Crippen molar-refractivity contribution < 1.29 is 4.74 Å². The van der Waals surface area contributed by atoms with Crippen molar-refractivity contribution in [3.63, 3.8) is 0 Å². The average Bonchev–Trinajstić information content (AvgIpc) is 2.34. The Kier molecular flexibility index (Phi) is 5.12. The predicted octanol–water partition coefficient (Wildman–Crippen LogP) is 3.59. The van der Waals surface area contributed by atoms with E-state index >= 15 is 0 Å². The van der Waals surface area contributed by atoms with Crippen LogP contribution in [0, 0.1) is 0 Å². The first-order valence-electron chi connectivity index (χ1n) is 5.53. The average molecular weight is 339 g/mol. The Balaban J connectivity index is 2.05. The molecule has 1 atom stereocenters. The molecule has 1 aromatic carbocycles. The van der Waals surface area contributed by atoms with Crippen LogP contribution in [-0.4, -0.2) is 36.0 Å². The van der Waals surface area contributed by atoms with E-state index < -0.39 is 0 Å². The second-order valence-corrected chi connectivity index (χ2v) is 5.54. The zero-order valence-electron chi connectivity index (χ0n) is 9.33. The fourth-order valence-electron chi connectivity index (χ4n) is 1.92. The predicted molar refractivity (Wildman–Crippen MR) is 75.3 cm³/mol. The van der Waals surface area contributed by atoms with Gasteiger partial charge in [0.2, 0.25) is 0 Å². The molecule has 1 aliphatic heterocycles. The summed E-state index contributed by atoms with van der Waals surface area (Å²) in [6.07, 6.45) is 0.255. The molecular weight excluding hydrogens is 325 g/mol. The van der Waals surface area contributed by atoms with Crippen molar-refractivity contribution in [3.8, 4) is 0 Å². The smallest absolute Gasteiger partial charge is 0.0799 e. The van der Waals surface area contributed by atoms with Crippen LogP contribution in [0.3, 0.4) is 0 Å². The molecule has 0 aromatic heterocycles. The molecule has 5 heteroatoms. The van der Waals surface area contributed by atoms with Gasteiger partial charge in [-0.25, -0.2) is 0 Å². The molecule has 1 aromatic rings. The Morgan fingerprint density at radius 1 is 1.35 bits per heavy atom. The highest BCUT2D eigenvalue weighted by molar-refractivity contribution is 9.09. The second-order valence-electron chi connectivity index (χ2n) is 4.08. The van der Waals surface area contributed by atoms with Gasteiger partial charge in [-0.2, -0.15) is 0 Å². The van der Waals surface area contributed by atoms with E-state index in [1.54, 1.807) is 0 Å². The Bertz CT molecular complexity index is 369. The second kappa shape index (κ2) is 6.39. The number of rotatable bonds is 3. The molecule has 2 nitrogen and oxygen atoms in total. The number of alkyl halides is 1. The third-order valence-electron chi connectivity index (χ3n) is 2.84. The highest BCUT2D eigenvalue weighted by Gasteiger charge is 2.20. The maximum atomic E-state index is 6.17. The van der Waals surface area contributed by atoms with Crippen LogP contribution in [-0.2, 0) is 11.3 Å². The first-order valence-corrected chi connectivity index (χ1v) is 7.41. The van der Waals surface area contributed by atoms with E-state index in [2.05, 4.69) is 20.8 Å². The SMILES string of the molecule is Clc1cccc(Cl)c1CN1CCOC(CBr)C1. The molecule has 0 saturated carbocycles. The quantitative estimate of drug-likeness (QED) is 0.781. The maximum Gasteiger partial charge on any atom is 0.0799 e.